The maximum atomic E-state index is 12.9. The van der Waals surface area contributed by atoms with Crippen LogP contribution in [0.1, 0.15) is 18.9 Å². The molecule has 0 aliphatic carbocycles. The van der Waals surface area contributed by atoms with Gasteiger partial charge in [-0.25, -0.2) is 27.8 Å². The Bertz CT molecular complexity index is 1860. The van der Waals surface area contributed by atoms with Gasteiger partial charge in [-0.15, -0.1) is 0 Å². The molecule has 2 aliphatic rings. The average molecular weight is 773 g/mol. The number of nitrogens with two attached hydrogens (primary N) is 1. The largest absolute Gasteiger partial charge is 0.501 e. The summed E-state index contributed by atoms with van der Waals surface area (Å²) in [6.45, 7) is -2.32. The molecule has 10 atom stereocenters. The number of nitrogens with one attached hydrogen (secondary N) is 1. The maximum absolute atomic E-state index is 12.9. The molecule has 0 bridgehead atoms. The van der Waals surface area contributed by atoms with Gasteiger partial charge in [0.15, 0.2) is 6.23 Å². The Kier molecular flexibility index (Phi) is 11.7. The van der Waals surface area contributed by atoms with Crippen LogP contribution in [0.15, 0.2) is 38.9 Å². The van der Waals surface area contributed by atoms with Crippen molar-refractivity contribution in [2.75, 3.05) is 18.9 Å². The highest BCUT2D eigenvalue weighted by molar-refractivity contribution is 7.71. The van der Waals surface area contributed by atoms with Gasteiger partial charge in [-0.2, -0.15) is 17.9 Å². The molecule has 2 fully saturated rings. The summed E-state index contributed by atoms with van der Waals surface area (Å²) >= 11 is 0. The number of aliphatic hydroxyl groups excluding tert-OH is 3. The van der Waals surface area contributed by atoms with Crippen LogP contribution in [-0.2, 0) is 49.7 Å². The molecule has 48 heavy (non-hydrogen) atoms. The van der Waals surface area contributed by atoms with Crippen molar-refractivity contribution >= 4 is 37.1 Å². The lowest BCUT2D eigenvalue weighted by atomic mass is 10.1. The predicted octanol–water partition coefficient (Wildman–Crippen LogP) is -2.87. The highest BCUT2D eigenvalue weighted by atomic mass is 31.3. The van der Waals surface area contributed by atoms with E-state index in [9.17, 15) is 57.8 Å². The van der Waals surface area contributed by atoms with Crippen LogP contribution in [0.5, 0.6) is 0 Å². The molecule has 270 valence electrons. The van der Waals surface area contributed by atoms with E-state index in [1.807, 2.05) is 4.98 Å². The monoisotopic (exact) mass is 773 g/mol. The van der Waals surface area contributed by atoms with Crippen LogP contribution in [0.3, 0.4) is 0 Å². The van der Waals surface area contributed by atoms with Crippen molar-refractivity contribution in [3.63, 3.8) is 0 Å². The van der Waals surface area contributed by atoms with E-state index in [1.165, 1.54) is 12.3 Å². The Morgan fingerprint density at radius 3 is 2.00 bits per heavy atom. The fraction of sp³-hybridized carbons (Fsp3) is 0.556. The molecule has 4 unspecified atom stereocenters. The van der Waals surface area contributed by atoms with Gasteiger partial charge >= 0.3 is 42.7 Å². The van der Waals surface area contributed by atoms with Crippen molar-refractivity contribution in [3.05, 3.63) is 55.8 Å². The lowest BCUT2D eigenvalue weighted by Gasteiger charge is -2.23. The first kappa shape index (κ1) is 38.5. The predicted molar refractivity (Wildman–Crippen MR) is 149 cm³/mol. The van der Waals surface area contributed by atoms with Crippen LogP contribution >= 0.6 is 31.3 Å². The Balaban J connectivity index is 1.40. The molecule has 0 saturated carbocycles. The molecular weight excluding hydrogens is 746 g/mol. The van der Waals surface area contributed by atoms with E-state index in [4.69, 9.17) is 25.0 Å². The van der Waals surface area contributed by atoms with Crippen LogP contribution < -0.4 is 22.7 Å². The fourth-order valence-electron chi connectivity index (χ4n) is 4.22. The van der Waals surface area contributed by atoms with E-state index in [2.05, 4.69) is 27.0 Å². The van der Waals surface area contributed by atoms with E-state index >= 15 is 0 Å². The first-order valence-electron chi connectivity index (χ1n) is 12.8. The lowest BCUT2D eigenvalue weighted by molar-refractivity contribution is -0.0543. The van der Waals surface area contributed by atoms with E-state index in [1.54, 1.807) is 0 Å². The van der Waals surface area contributed by atoms with Crippen LogP contribution in [0.25, 0.3) is 0 Å². The molecule has 30 heteroatoms. The third-order valence-corrected chi connectivity index (χ3v) is 12.1. The smallest absolute Gasteiger partial charge is 0.390 e. The van der Waals surface area contributed by atoms with Crippen molar-refractivity contribution in [2.45, 2.75) is 49.4 Å². The Labute approximate surface area is 265 Å². The third kappa shape index (κ3) is 9.91. The van der Waals surface area contributed by atoms with Crippen molar-refractivity contribution in [1.29, 1.82) is 0 Å². The summed E-state index contributed by atoms with van der Waals surface area (Å²) in [5.74, 6) is -0.118. The number of ether oxygens (including phenoxy) is 2. The summed E-state index contributed by atoms with van der Waals surface area (Å²) in [5.41, 5.74) is 2.64. The zero-order chi connectivity index (χ0) is 35.8. The second kappa shape index (κ2) is 14.5. The van der Waals surface area contributed by atoms with Gasteiger partial charge in [0.1, 0.15) is 36.5 Å². The molecule has 2 aromatic heterocycles. The minimum atomic E-state index is -6.33. The summed E-state index contributed by atoms with van der Waals surface area (Å²) in [7, 11) is -24.2. The Morgan fingerprint density at radius 1 is 0.854 bits per heavy atom. The number of H-pyrrole nitrogens is 1. The van der Waals surface area contributed by atoms with E-state index in [0.717, 1.165) is 16.8 Å². The van der Waals surface area contributed by atoms with Crippen LogP contribution in [0.4, 0.5) is 5.82 Å². The molecule has 2 aromatic rings. The topological polar surface area (TPSA) is 390 Å². The number of nitrogen functional groups attached to an aromatic ring is 1. The molecule has 0 aromatic carbocycles. The van der Waals surface area contributed by atoms with Crippen molar-refractivity contribution < 1.29 is 84.6 Å². The third-order valence-electron chi connectivity index (χ3n) is 6.25. The molecule has 2 saturated heterocycles. The van der Waals surface area contributed by atoms with Gasteiger partial charge in [0.25, 0.3) is 5.56 Å². The summed E-state index contributed by atoms with van der Waals surface area (Å²) in [6.07, 6.45) is -9.60. The first-order valence-corrected chi connectivity index (χ1v) is 18.8. The molecule has 26 nitrogen and oxygen atoms in total. The second-order valence-electron chi connectivity index (χ2n) is 9.75. The van der Waals surface area contributed by atoms with E-state index in [-0.39, 0.29) is 12.2 Å². The van der Waals surface area contributed by atoms with Gasteiger partial charge in [-0.05, 0) is 6.07 Å². The molecule has 0 radical (unpaired) electrons. The number of rotatable bonds is 14. The average Bonchev–Trinajstić information content (AvgIpc) is 3.42. The minimum absolute atomic E-state index is 0.118. The number of hydrogen-bond acceptors (Lipinski definition) is 19. The lowest BCUT2D eigenvalue weighted by Crippen LogP contribution is -2.37. The number of anilines is 1. The number of phosphoric ester groups is 2. The number of hydrogen-bond donors (Lipinski definition) is 9. The molecule has 0 spiro atoms. The quantitative estimate of drug-likeness (QED) is 0.0871. The molecule has 0 amide bonds. The fourth-order valence-corrected chi connectivity index (χ4v) is 9.49. The first-order chi connectivity index (χ1) is 22.1. The highest BCUT2D eigenvalue weighted by Crippen LogP contribution is 2.74. The van der Waals surface area contributed by atoms with Crippen LogP contribution in [0, 0.1) is 0 Å². The van der Waals surface area contributed by atoms with Gasteiger partial charge in [0.05, 0.1) is 19.3 Å². The number of aromatic amines is 1. The number of aromatic nitrogens is 4. The maximum Gasteiger partial charge on any atom is 0.501 e. The van der Waals surface area contributed by atoms with Crippen molar-refractivity contribution in [1.82, 2.24) is 19.1 Å². The summed E-state index contributed by atoms with van der Waals surface area (Å²) in [6, 6.07) is 2.10. The number of aliphatic hydroxyl groups is 3. The molecule has 2 aliphatic heterocycles. The molecule has 4 rings (SSSR count). The molecular formula is C18H27N5O21P4. The number of nitrogens with zero attached hydrogens (tertiary/aromatic N) is 3. The Morgan fingerprint density at radius 2 is 1.44 bits per heavy atom. The Hall–Kier alpha value is -2.28. The highest BCUT2D eigenvalue weighted by Gasteiger charge is 2.51. The van der Waals surface area contributed by atoms with Crippen LogP contribution in [-0.4, -0.2) is 97.7 Å². The summed E-state index contributed by atoms with van der Waals surface area (Å²) in [4.78, 5) is 79.0. The van der Waals surface area contributed by atoms with Crippen molar-refractivity contribution in [2.24, 2.45) is 0 Å². The molecule has 4 heterocycles. The second-order valence-corrected chi connectivity index (χ2v) is 16.0. The normalized spacial score (nSPS) is 30.0. The minimum Gasteiger partial charge on any atom is -0.390 e. The zero-order valence-electron chi connectivity index (χ0n) is 23.5. The van der Waals surface area contributed by atoms with Crippen molar-refractivity contribution in [3.8, 4) is 0 Å². The van der Waals surface area contributed by atoms with Gasteiger partial charge in [-0.1, -0.05) is 0 Å². The van der Waals surface area contributed by atoms with Crippen LogP contribution in [0.2, 0.25) is 0 Å². The van der Waals surface area contributed by atoms with E-state index < -0.39 is 104 Å². The van der Waals surface area contributed by atoms with Gasteiger partial charge in [0, 0.05) is 24.9 Å². The standard InChI is InChI=1S/C18H27N5O21P4/c19-11-1-3-22(17(28)20-11)13-5-8(24)9(40-13)6-38-46(33,34)43-48(37,42-45(30,31)32)44-47(35,36)39-7-10-14(26)15(27)16(41-10)23-4-2-12(25)21-18(23)29/h1-4,8-10,13-16,24,26-27H,5-7H2,(H,33,34)(H,35,36)(H2,19,20,28)(H,21,25,29)(H2,30,31,32)/t8-,9?,10+,13+,14+,15+,16+,48?/m0/s1. The van der Waals surface area contributed by atoms with E-state index in [0.29, 0.717) is 4.57 Å². The van der Waals surface area contributed by atoms with Gasteiger partial charge in [0.2, 0.25) is 0 Å². The number of phosphoric acid groups is 4. The SMILES string of the molecule is Nc1ccn([C@H]2C[C@H](O)C(COP(=O)(O)OP(=O)(OP(=O)(O)O)OP(=O)(O)OC[C@H]3O[C@@H](n4ccc(=O)[nH]c4=O)[C@H](O)[C@@H]3O)O2)c(=O)n1. The summed E-state index contributed by atoms with van der Waals surface area (Å²) in [5, 5.41) is 30.7. The van der Waals surface area contributed by atoms with Gasteiger partial charge in [-0.3, -0.25) is 28.0 Å². The zero-order valence-corrected chi connectivity index (χ0v) is 27.1. The van der Waals surface area contributed by atoms with Gasteiger partial charge < -0.3 is 50.1 Å². The molecule has 10 N–H and O–H groups in total. The summed E-state index contributed by atoms with van der Waals surface area (Å²) < 4.78 is 82.5.